The predicted molar refractivity (Wildman–Crippen MR) is 78.0 cm³/mol. The Morgan fingerprint density at radius 2 is 2.16 bits per heavy atom. The molecule has 4 heteroatoms. The lowest BCUT2D eigenvalue weighted by Crippen LogP contribution is -2.49. The van der Waals surface area contributed by atoms with Crippen LogP contribution in [0.15, 0.2) is 0 Å². The fourth-order valence-corrected chi connectivity index (χ4v) is 2.81. The van der Waals surface area contributed by atoms with E-state index in [1.54, 1.807) is 0 Å². The molecule has 1 N–H and O–H groups in total. The Bertz CT molecular complexity index is 307. The number of nitrogens with one attached hydrogen (secondary N) is 1. The normalized spacial score (nSPS) is 24.4. The lowest BCUT2D eigenvalue weighted by molar-refractivity contribution is 0.0658. The van der Waals surface area contributed by atoms with E-state index < -0.39 is 5.54 Å². The van der Waals surface area contributed by atoms with E-state index in [1.165, 1.54) is 6.42 Å². The Morgan fingerprint density at radius 3 is 2.63 bits per heavy atom. The molecule has 0 saturated carbocycles. The zero-order valence-electron chi connectivity index (χ0n) is 13.1. The molecule has 19 heavy (non-hydrogen) atoms. The highest BCUT2D eigenvalue weighted by molar-refractivity contribution is 5.06. The number of nitrogens with zero attached hydrogens (tertiary/aromatic N) is 2. The fraction of sp³-hybridized carbons (Fsp3) is 0.933. The predicted octanol–water partition coefficient (Wildman–Crippen LogP) is 2.16. The van der Waals surface area contributed by atoms with Crippen molar-refractivity contribution in [2.75, 3.05) is 20.2 Å². The van der Waals surface area contributed by atoms with Crippen molar-refractivity contribution in [3.63, 3.8) is 0 Å². The van der Waals surface area contributed by atoms with E-state index in [1.807, 2.05) is 6.92 Å². The maximum Gasteiger partial charge on any atom is 0.105 e. The molecule has 0 amide bonds. The van der Waals surface area contributed by atoms with Crippen LogP contribution in [0.5, 0.6) is 0 Å². The van der Waals surface area contributed by atoms with Crippen LogP contribution in [-0.4, -0.2) is 48.8 Å². The Hall–Kier alpha value is -0.630. The Kier molecular flexibility index (Phi) is 6.25. The van der Waals surface area contributed by atoms with Gasteiger partial charge in [-0.3, -0.25) is 5.32 Å². The Labute approximate surface area is 118 Å². The number of hydrogen-bond acceptors (Lipinski definition) is 4. The first-order valence-electron chi connectivity index (χ1n) is 7.37. The van der Waals surface area contributed by atoms with Crippen LogP contribution in [0.25, 0.3) is 0 Å². The molecular formula is C15H29N3O. The molecule has 0 spiro atoms. The van der Waals surface area contributed by atoms with Gasteiger partial charge >= 0.3 is 0 Å². The van der Waals surface area contributed by atoms with E-state index in [4.69, 9.17) is 4.74 Å². The molecule has 0 aromatic heterocycles. The summed E-state index contributed by atoms with van der Waals surface area (Å²) in [6.45, 7) is 10.2. The second-order valence-corrected chi connectivity index (χ2v) is 6.37. The zero-order valence-corrected chi connectivity index (χ0v) is 13.1. The van der Waals surface area contributed by atoms with E-state index in [2.05, 4.69) is 44.1 Å². The first-order chi connectivity index (χ1) is 8.86. The van der Waals surface area contributed by atoms with Crippen molar-refractivity contribution in [3.8, 4) is 6.07 Å². The van der Waals surface area contributed by atoms with Crippen molar-refractivity contribution in [1.82, 2.24) is 10.2 Å². The summed E-state index contributed by atoms with van der Waals surface area (Å²) in [6, 6.07) is 3.10. The van der Waals surface area contributed by atoms with E-state index in [9.17, 15) is 5.26 Å². The van der Waals surface area contributed by atoms with Gasteiger partial charge in [0.05, 0.1) is 12.2 Å². The summed E-state index contributed by atoms with van der Waals surface area (Å²) in [7, 11) is 2.12. The second kappa shape index (κ2) is 7.23. The number of likely N-dealkylation sites (N-methyl/N-ethyl adjacent to an activating group) is 1. The van der Waals surface area contributed by atoms with E-state index >= 15 is 0 Å². The summed E-state index contributed by atoms with van der Waals surface area (Å²) in [5, 5.41) is 12.8. The zero-order chi connectivity index (χ0) is 14.5. The highest BCUT2D eigenvalue weighted by atomic mass is 16.5. The largest absolute Gasteiger partial charge is 0.377 e. The van der Waals surface area contributed by atoms with Crippen molar-refractivity contribution in [3.05, 3.63) is 0 Å². The van der Waals surface area contributed by atoms with Gasteiger partial charge in [0.15, 0.2) is 0 Å². The van der Waals surface area contributed by atoms with Crippen LogP contribution in [0.1, 0.15) is 47.0 Å². The summed E-state index contributed by atoms with van der Waals surface area (Å²) in [4.78, 5) is 2.31. The molecule has 0 bridgehead atoms. The van der Waals surface area contributed by atoms with Crippen LogP contribution in [0.4, 0.5) is 0 Å². The number of rotatable bonds is 7. The number of ether oxygens (including phenoxy) is 1. The van der Waals surface area contributed by atoms with E-state index in [-0.39, 0.29) is 0 Å². The van der Waals surface area contributed by atoms with Crippen LogP contribution in [0.3, 0.4) is 0 Å². The smallest absolute Gasteiger partial charge is 0.105 e. The molecule has 3 atom stereocenters. The number of nitriles is 1. The van der Waals surface area contributed by atoms with Crippen LogP contribution < -0.4 is 5.32 Å². The van der Waals surface area contributed by atoms with E-state index in [0.717, 1.165) is 26.0 Å². The van der Waals surface area contributed by atoms with Crippen LogP contribution in [0, 0.1) is 11.3 Å². The Morgan fingerprint density at radius 1 is 1.47 bits per heavy atom. The summed E-state index contributed by atoms with van der Waals surface area (Å²) in [5.74, 6) is 0. The van der Waals surface area contributed by atoms with Crippen LogP contribution in [-0.2, 0) is 4.74 Å². The average Bonchev–Trinajstić information content (AvgIpc) is 2.80. The van der Waals surface area contributed by atoms with Crippen molar-refractivity contribution in [2.24, 2.45) is 0 Å². The van der Waals surface area contributed by atoms with Gasteiger partial charge in [0.1, 0.15) is 5.54 Å². The Balaban J connectivity index is 2.46. The van der Waals surface area contributed by atoms with Gasteiger partial charge in [-0.2, -0.15) is 5.26 Å². The standard InChI is InChI=1S/C15H29N3O/c1-12(2)17-15(4,11-16)9-13(3)18(5)10-14-7-6-8-19-14/h12-14,17H,6-10H2,1-5H3. The molecule has 0 aromatic carbocycles. The second-order valence-electron chi connectivity index (χ2n) is 6.37. The van der Waals surface area contributed by atoms with Crippen molar-refractivity contribution in [1.29, 1.82) is 5.26 Å². The minimum absolute atomic E-state index is 0.320. The maximum absolute atomic E-state index is 9.39. The molecule has 1 rings (SSSR count). The fourth-order valence-electron chi connectivity index (χ4n) is 2.81. The van der Waals surface area contributed by atoms with Crippen LogP contribution in [0.2, 0.25) is 0 Å². The lowest BCUT2D eigenvalue weighted by Gasteiger charge is -2.34. The van der Waals surface area contributed by atoms with Gasteiger partial charge in [-0.15, -0.1) is 0 Å². The summed E-state index contributed by atoms with van der Waals surface area (Å²) >= 11 is 0. The summed E-state index contributed by atoms with van der Waals surface area (Å²) < 4.78 is 5.67. The molecule has 3 unspecified atom stereocenters. The van der Waals surface area contributed by atoms with Gasteiger partial charge in [-0.25, -0.2) is 0 Å². The molecule has 1 fully saturated rings. The van der Waals surface area contributed by atoms with E-state index in [0.29, 0.717) is 18.2 Å². The van der Waals surface area contributed by atoms with Gasteiger partial charge in [-0.1, -0.05) is 0 Å². The van der Waals surface area contributed by atoms with Gasteiger partial charge in [0, 0.05) is 25.2 Å². The van der Waals surface area contributed by atoms with Crippen LogP contribution >= 0.6 is 0 Å². The SMILES string of the molecule is CC(C)NC(C)(C#N)CC(C)N(C)CC1CCCO1. The topological polar surface area (TPSA) is 48.3 Å². The first kappa shape index (κ1) is 16.4. The van der Waals surface area contributed by atoms with Crippen molar-refractivity contribution >= 4 is 0 Å². The van der Waals surface area contributed by atoms with Crippen molar-refractivity contribution in [2.45, 2.75) is 70.7 Å². The summed E-state index contributed by atoms with van der Waals surface area (Å²) in [6.07, 6.45) is 3.54. The third kappa shape index (κ3) is 5.48. The monoisotopic (exact) mass is 267 g/mol. The minimum Gasteiger partial charge on any atom is -0.377 e. The first-order valence-corrected chi connectivity index (χ1v) is 7.37. The highest BCUT2D eigenvalue weighted by Crippen LogP contribution is 2.18. The lowest BCUT2D eigenvalue weighted by atomic mass is 9.93. The minimum atomic E-state index is -0.460. The highest BCUT2D eigenvalue weighted by Gasteiger charge is 2.29. The molecule has 0 aromatic rings. The molecule has 0 radical (unpaired) electrons. The van der Waals surface area contributed by atoms with Gasteiger partial charge in [-0.05, 0) is 54.0 Å². The quantitative estimate of drug-likeness (QED) is 0.768. The third-order valence-electron chi connectivity index (χ3n) is 3.83. The van der Waals surface area contributed by atoms with Crippen molar-refractivity contribution < 1.29 is 4.74 Å². The van der Waals surface area contributed by atoms with Gasteiger partial charge in [0.2, 0.25) is 0 Å². The maximum atomic E-state index is 9.39. The molecule has 1 aliphatic rings. The molecule has 0 aliphatic carbocycles. The summed E-state index contributed by atoms with van der Waals surface area (Å²) in [5.41, 5.74) is -0.460. The number of hydrogen-bond donors (Lipinski definition) is 1. The molecule has 4 nitrogen and oxygen atoms in total. The van der Waals surface area contributed by atoms with Gasteiger partial charge in [0.25, 0.3) is 0 Å². The molecule has 110 valence electrons. The molecule has 1 saturated heterocycles. The molecular weight excluding hydrogens is 238 g/mol. The average molecular weight is 267 g/mol. The third-order valence-corrected chi connectivity index (χ3v) is 3.83. The van der Waals surface area contributed by atoms with Gasteiger partial charge < -0.3 is 9.64 Å². The molecule has 1 heterocycles. The molecule has 1 aliphatic heterocycles.